The van der Waals surface area contributed by atoms with Crippen molar-refractivity contribution in [2.45, 2.75) is 6.92 Å². The molecule has 0 saturated heterocycles. The number of hydrogen-bond donors (Lipinski definition) is 0. The average Bonchev–Trinajstić information content (AvgIpc) is 2.01. The van der Waals surface area contributed by atoms with Crippen molar-refractivity contribution < 1.29 is 51.5 Å². The van der Waals surface area contributed by atoms with Gasteiger partial charge in [-0.2, -0.15) is 0 Å². The molecule has 0 amide bonds. The molecule has 7 heteroatoms. The van der Waals surface area contributed by atoms with Crippen molar-refractivity contribution in [1.29, 1.82) is 0 Å². The van der Waals surface area contributed by atoms with Gasteiger partial charge in [-0.25, -0.2) is 13.2 Å². The zero-order valence-corrected chi connectivity index (χ0v) is 11.1. The minimum atomic E-state index is -4.98. The summed E-state index contributed by atoms with van der Waals surface area (Å²) in [7, 11) is -4.98. The van der Waals surface area contributed by atoms with Crippen LogP contribution in [0.3, 0.4) is 0 Å². The first-order valence-corrected chi connectivity index (χ1v) is 4.98. The molecule has 0 saturated carbocycles. The Hall–Kier alpha value is -0.400. The summed E-state index contributed by atoms with van der Waals surface area (Å²) in [5, 5.41) is 0. The largest absolute Gasteiger partial charge is 1.00 e. The van der Waals surface area contributed by atoms with Crippen LogP contribution >= 0.6 is 0 Å². The molecular weight excluding hydrogens is 231 g/mol. The van der Waals surface area contributed by atoms with Crippen LogP contribution in [0.25, 0.3) is 0 Å². The summed E-state index contributed by atoms with van der Waals surface area (Å²) in [5.41, 5.74) is 0.798. The summed E-state index contributed by atoms with van der Waals surface area (Å²) in [4.78, 5) is 11.0. The van der Waals surface area contributed by atoms with E-state index in [-0.39, 0.29) is 35.1 Å². The number of benzene rings is 1. The Labute approximate surface area is 110 Å². The van der Waals surface area contributed by atoms with E-state index in [2.05, 4.69) is 4.18 Å². The Bertz CT molecular complexity index is 454. The summed E-state index contributed by atoms with van der Waals surface area (Å²) in [6, 6.07) is 6.07. The zero-order valence-electron chi connectivity index (χ0n) is 8.26. The standard InChI is InChI=1S/C8H8O5S.Na/c1-6-3-2-4-7(5-6)8(9)13-14(10,11)12;/h2-5H,1H3,(H,10,11,12);/q;+1/p-1. The van der Waals surface area contributed by atoms with E-state index in [1.807, 2.05) is 0 Å². The molecule has 0 heterocycles. The maximum atomic E-state index is 11.0. The van der Waals surface area contributed by atoms with E-state index < -0.39 is 16.4 Å². The summed E-state index contributed by atoms with van der Waals surface area (Å²) in [6.45, 7) is 1.72. The van der Waals surface area contributed by atoms with E-state index in [1.54, 1.807) is 19.1 Å². The van der Waals surface area contributed by atoms with Crippen LogP contribution in [0, 0.1) is 6.92 Å². The molecule has 0 unspecified atom stereocenters. The van der Waals surface area contributed by atoms with Crippen LogP contribution in [0.5, 0.6) is 0 Å². The normalized spacial score (nSPS) is 10.3. The van der Waals surface area contributed by atoms with Crippen molar-refractivity contribution in [3.05, 3.63) is 35.4 Å². The van der Waals surface area contributed by atoms with E-state index in [9.17, 15) is 17.8 Å². The molecule has 5 nitrogen and oxygen atoms in total. The van der Waals surface area contributed by atoms with Gasteiger partial charge in [-0.15, -0.1) is 0 Å². The minimum Gasteiger partial charge on any atom is -0.716 e. The van der Waals surface area contributed by atoms with Crippen molar-refractivity contribution in [2.75, 3.05) is 0 Å². The van der Waals surface area contributed by atoms with Gasteiger partial charge in [-0.3, -0.25) is 0 Å². The molecule has 0 atom stereocenters. The molecule has 76 valence electrons. The fourth-order valence-corrected chi connectivity index (χ4v) is 1.19. The van der Waals surface area contributed by atoms with E-state index in [1.165, 1.54) is 12.1 Å². The van der Waals surface area contributed by atoms with E-state index in [0.717, 1.165) is 5.56 Å². The van der Waals surface area contributed by atoms with Crippen LogP contribution in [-0.2, 0) is 14.6 Å². The van der Waals surface area contributed by atoms with Crippen molar-refractivity contribution in [3.63, 3.8) is 0 Å². The average molecular weight is 238 g/mol. The SMILES string of the molecule is Cc1cccc(C(=O)OS(=O)(=O)[O-])c1.[Na+]. The Balaban J connectivity index is 0.00000196. The molecule has 1 rings (SSSR count). The molecule has 0 radical (unpaired) electrons. The molecule has 0 aromatic heterocycles. The number of rotatable bonds is 2. The van der Waals surface area contributed by atoms with Crippen LogP contribution in [0.1, 0.15) is 15.9 Å². The molecule has 0 spiro atoms. The number of carbonyl (C=O) groups excluding carboxylic acids is 1. The van der Waals surface area contributed by atoms with Gasteiger partial charge in [0.1, 0.15) is 0 Å². The number of carbonyl (C=O) groups is 1. The van der Waals surface area contributed by atoms with E-state index >= 15 is 0 Å². The Kier molecular flexibility index (Phi) is 5.47. The fourth-order valence-electron chi connectivity index (χ4n) is 0.913. The maximum Gasteiger partial charge on any atom is 1.00 e. The Morgan fingerprint density at radius 2 is 2.00 bits per heavy atom. The van der Waals surface area contributed by atoms with Crippen LogP contribution in [0.2, 0.25) is 0 Å². The van der Waals surface area contributed by atoms with Crippen LogP contribution in [0.15, 0.2) is 24.3 Å². The van der Waals surface area contributed by atoms with E-state index in [0.29, 0.717) is 0 Å². The molecule has 0 aliphatic heterocycles. The van der Waals surface area contributed by atoms with Crippen molar-refractivity contribution in [2.24, 2.45) is 0 Å². The van der Waals surface area contributed by atoms with Gasteiger partial charge in [-0.05, 0) is 19.1 Å². The number of aryl methyl sites for hydroxylation is 1. The smallest absolute Gasteiger partial charge is 0.716 e. The summed E-state index contributed by atoms with van der Waals surface area (Å²) in [6.07, 6.45) is 0. The van der Waals surface area contributed by atoms with Crippen LogP contribution < -0.4 is 29.6 Å². The third-order valence-corrected chi connectivity index (χ3v) is 1.79. The monoisotopic (exact) mass is 238 g/mol. The second kappa shape index (κ2) is 5.62. The third-order valence-electron chi connectivity index (χ3n) is 1.43. The van der Waals surface area contributed by atoms with Gasteiger partial charge in [0, 0.05) is 0 Å². The summed E-state index contributed by atoms with van der Waals surface area (Å²) >= 11 is 0. The number of hydrogen-bond acceptors (Lipinski definition) is 5. The summed E-state index contributed by atoms with van der Waals surface area (Å²) < 4.78 is 34.0. The van der Waals surface area contributed by atoms with E-state index in [4.69, 9.17) is 0 Å². The summed E-state index contributed by atoms with van der Waals surface area (Å²) in [5.74, 6) is -1.16. The Morgan fingerprint density at radius 1 is 1.40 bits per heavy atom. The van der Waals surface area contributed by atoms with Crippen molar-refractivity contribution in [1.82, 2.24) is 0 Å². The molecule has 0 N–H and O–H groups in total. The van der Waals surface area contributed by atoms with Gasteiger partial charge in [0.2, 0.25) is 0 Å². The first-order valence-electron chi connectivity index (χ1n) is 3.65. The van der Waals surface area contributed by atoms with Gasteiger partial charge in [-0.1, -0.05) is 17.7 Å². The van der Waals surface area contributed by atoms with Gasteiger partial charge in [0.25, 0.3) is 10.4 Å². The molecule has 1 aromatic carbocycles. The first kappa shape index (κ1) is 14.6. The second-order valence-corrected chi connectivity index (χ2v) is 3.63. The third kappa shape index (κ3) is 5.29. The van der Waals surface area contributed by atoms with Gasteiger partial charge in [0.05, 0.1) is 5.56 Å². The fraction of sp³-hybridized carbons (Fsp3) is 0.125. The molecular formula is C8H7NaO5S. The van der Waals surface area contributed by atoms with Gasteiger partial charge in [0.15, 0.2) is 0 Å². The minimum absolute atomic E-state index is 0. The molecule has 0 bridgehead atoms. The van der Waals surface area contributed by atoms with Crippen molar-refractivity contribution >= 4 is 16.4 Å². The quantitative estimate of drug-likeness (QED) is 0.326. The predicted molar refractivity (Wildman–Crippen MR) is 46.3 cm³/mol. The second-order valence-electron chi connectivity index (χ2n) is 2.65. The van der Waals surface area contributed by atoms with Gasteiger partial charge >= 0.3 is 35.5 Å². The molecule has 0 fully saturated rings. The maximum absolute atomic E-state index is 11.0. The molecule has 0 aliphatic carbocycles. The van der Waals surface area contributed by atoms with Crippen LogP contribution in [-0.4, -0.2) is 18.9 Å². The Morgan fingerprint density at radius 3 is 2.47 bits per heavy atom. The zero-order chi connectivity index (χ0) is 10.8. The molecule has 1 aromatic rings. The molecule has 15 heavy (non-hydrogen) atoms. The van der Waals surface area contributed by atoms with Crippen molar-refractivity contribution in [3.8, 4) is 0 Å². The topological polar surface area (TPSA) is 83.5 Å². The van der Waals surface area contributed by atoms with Gasteiger partial charge < -0.3 is 8.74 Å². The predicted octanol–water partition coefficient (Wildman–Crippen LogP) is -2.38. The first-order chi connectivity index (χ1) is 6.38. The molecule has 0 aliphatic rings. The van der Waals surface area contributed by atoms with Crippen LogP contribution in [0.4, 0.5) is 0 Å².